The molecule has 5 heteroatoms. The molecule has 1 atom stereocenters. The fraction of sp³-hybridized carbons (Fsp3) is 0.364. The molecule has 1 heterocycles. The van der Waals surface area contributed by atoms with E-state index >= 15 is 0 Å². The lowest BCUT2D eigenvalue weighted by molar-refractivity contribution is -0.128. The molecule has 0 aromatic heterocycles. The Labute approximate surface area is 96.2 Å². The summed E-state index contributed by atoms with van der Waals surface area (Å²) in [5.74, 6) is -1.60. The molecule has 1 unspecified atom stereocenters. The van der Waals surface area contributed by atoms with Crippen molar-refractivity contribution in [2.45, 2.75) is 18.9 Å². The fourth-order valence-electron chi connectivity index (χ4n) is 1.73. The van der Waals surface area contributed by atoms with Gasteiger partial charge in [0.1, 0.15) is 17.4 Å². The Morgan fingerprint density at radius 3 is 2.50 bits per heavy atom. The van der Waals surface area contributed by atoms with Crippen molar-refractivity contribution in [1.29, 1.82) is 0 Å². The highest BCUT2D eigenvalue weighted by Gasteiger charge is 2.27. The first kappa shape index (κ1) is 11.5. The van der Waals surface area contributed by atoms with Crippen LogP contribution in [0.5, 0.6) is 0 Å². The maximum Gasteiger partial charge on any atom is 0.138 e. The molecule has 1 aromatic rings. The summed E-state index contributed by atoms with van der Waals surface area (Å²) >= 11 is 5.50. The molecule has 1 saturated heterocycles. The van der Waals surface area contributed by atoms with Gasteiger partial charge in [0, 0.05) is 17.9 Å². The van der Waals surface area contributed by atoms with Crippen LogP contribution in [0, 0.1) is 11.6 Å². The van der Waals surface area contributed by atoms with Gasteiger partial charge in [0.25, 0.3) is 0 Å². The minimum absolute atomic E-state index is 0.00940. The van der Waals surface area contributed by atoms with Crippen molar-refractivity contribution in [3.63, 3.8) is 0 Å². The molecule has 2 rings (SSSR count). The highest BCUT2D eigenvalue weighted by atomic mass is 35.5. The van der Waals surface area contributed by atoms with E-state index in [2.05, 4.69) is 0 Å². The lowest BCUT2D eigenvalue weighted by Crippen LogP contribution is -2.21. The minimum Gasteiger partial charge on any atom is -0.372 e. The Balaban J connectivity index is 2.35. The van der Waals surface area contributed by atoms with Gasteiger partial charge in [-0.2, -0.15) is 0 Å². The zero-order valence-electron chi connectivity index (χ0n) is 8.30. The van der Waals surface area contributed by atoms with Gasteiger partial charge in [0.05, 0.1) is 18.3 Å². The van der Waals surface area contributed by atoms with Crippen LogP contribution in [0.1, 0.15) is 24.5 Å². The number of halogens is 3. The molecular weight excluding hydrogens is 238 g/mol. The van der Waals surface area contributed by atoms with E-state index in [1.54, 1.807) is 0 Å². The second-order valence-corrected chi connectivity index (χ2v) is 4.07. The number of ketones is 1. The summed E-state index contributed by atoms with van der Waals surface area (Å²) in [7, 11) is 0. The standard InChI is InChI=1S/C11H9ClF2O2/c12-6-3-8(13)11(9(14)4-6)10-5-7(15)1-2-16-10/h3-4,10H,1-2,5H2. The molecule has 0 aliphatic carbocycles. The molecule has 86 valence electrons. The number of carbonyl (C=O) groups is 1. The van der Waals surface area contributed by atoms with Crippen LogP contribution < -0.4 is 0 Å². The maximum absolute atomic E-state index is 13.5. The third-order valence-electron chi connectivity index (χ3n) is 2.48. The smallest absolute Gasteiger partial charge is 0.138 e. The van der Waals surface area contributed by atoms with Crippen LogP contribution in [-0.2, 0) is 9.53 Å². The topological polar surface area (TPSA) is 26.3 Å². The maximum atomic E-state index is 13.5. The number of hydrogen-bond donors (Lipinski definition) is 0. The summed E-state index contributed by atoms with van der Waals surface area (Å²) in [5, 5.41) is -0.0131. The zero-order chi connectivity index (χ0) is 11.7. The SMILES string of the molecule is O=C1CCOC(c2c(F)cc(Cl)cc2F)C1. The largest absolute Gasteiger partial charge is 0.372 e. The van der Waals surface area contributed by atoms with Crippen molar-refractivity contribution in [2.75, 3.05) is 6.61 Å². The van der Waals surface area contributed by atoms with Crippen molar-refractivity contribution in [1.82, 2.24) is 0 Å². The summed E-state index contributed by atoms with van der Waals surface area (Å²) in [6.07, 6.45) is -0.526. The van der Waals surface area contributed by atoms with E-state index in [1.165, 1.54) is 0 Å². The Kier molecular flexibility index (Phi) is 3.21. The van der Waals surface area contributed by atoms with Crippen molar-refractivity contribution in [3.05, 3.63) is 34.4 Å². The minimum atomic E-state index is -0.835. The van der Waals surface area contributed by atoms with Crippen LogP contribution in [-0.4, -0.2) is 12.4 Å². The molecule has 0 amide bonds. The predicted octanol–water partition coefficient (Wildman–Crippen LogP) is 3.04. The third kappa shape index (κ3) is 2.23. The van der Waals surface area contributed by atoms with E-state index in [-0.39, 0.29) is 29.4 Å². The van der Waals surface area contributed by atoms with Crippen LogP contribution in [0.25, 0.3) is 0 Å². The van der Waals surface area contributed by atoms with Gasteiger partial charge >= 0.3 is 0 Å². The van der Waals surface area contributed by atoms with E-state index in [4.69, 9.17) is 16.3 Å². The molecule has 0 bridgehead atoms. The molecule has 0 saturated carbocycles. The van der Waals surface area contributed by atoms with E-state index in [9.17, 15) is 13.6 Å². The van der Waals surface area contributed by atoms with Crippen LogP contribution in [0.2, 0.25) is 5.02 Å². The first-order chi connectivity index (χ1) is 7.58. The number of rotatable bonds is 1. The van der Waals surface area contributed by atoms with Crippen LogP contribution >= 0.6 is 11.6 Å². The Bertz CT molecular complexity index is 411. The van der Waals surface area contributed by atoms with Crippen LogP contribution in [0.4, 0.5) is 8.78 Å². The van der Waals surface area contributed by atoms with Crippen LogP contribution in [0.15, 0.2) is 12.1 Å². The number of hydrogen-bond acceptors (Lipinski definition) is 2. The Morgan fingerprint density at radius 1 is 1.31 bits per heavy atom. The highest BCUT2D eigenvalue weighted by Crippen LogP contribution is 2.31. The average molecular weight is 247 g/mol. The number of Topliss-reactive ketones (excluding diaryl/α,β-unsaturated/α-hetero) is 1. The lowest BCUT2D eigenvalue weighted by Gasteiger charge is -2.22. The number of ether oxygens (including phenoxy) is 1. The molecule has 0 spiro atoms. The molecule has 1 aromatic carbocycles. The quantitative estimate of drug-likeness (QED) is 0.761. The van der Waals surface area contributed by atoms with E-state index in [0.717, 1.165) is 12.1 Å². The monoisotopic (exact) mass is 246 g/mol. The third-order valence-corrected chi connectivity index (χ3v) is 2.70. The van der Waals surface area contributed by atoms with Gasteiger partial charge in [-0.1, -0.05) is 11.6 Å². The molecule has 0 N–H and O–H groups in total. The summed E-state index contributed by atoms with van der Waals surface area (Å²) in [4.78, 5) is 11.2. The van der Waals surface area contributed by atoms with Crippen molar-refractivity contribution in [3.8, 4) is 0 Å². The molecule has 2 nitrogen and oxygen atoms in total. The van der Waals surface area contributed by atoms with Gasteiger partial charge < -0.3 is 4.74 Å². The van der Waals surface area contributed by atoms with E-state index < -0.39 is 17.7 Å². The molecule has 1 fully saturated rings. The van der Waals surface area contributed by atoms with Crippen molar-refractivity contribution in [2.24, 2.45) is 0 Å². The van der Waals surface area contributed by atoms with Crippen molar-refractivity contribution < 1.29 is 18.3 Å². The normalized spacial score (nSPS) is 21.2. The fourth-order valence-corrected chi connectivity index (χ4v) is 1.92. The second-order valence-electron chi connectivity index (χ2n) is 3.64. The average Bonchev–Trinajstić information content (AvgIpc) is 2.15. The van der Waals surface area contributed by atoms with E-state index in [0.29, 0.717) is 6.42 Å². The van der Waals surface area contributed by atoms with Gasteiger partial charge in [0.15, 0.2) is 0 Å². The summed E-state index contributed by atoms with van der Waals surface area (Å²) in [5.41, 5.74) is -0.211. The summed E-state index contributed by atoms with van der Waals surface area (Å²) < 4.78 is 32.2. The van der Waals surface area contributed by atoms with Crippen LogP contribution in [0.3, 0.4) is 0 Å². The summed E-state index contributed by atoms with van der Waals surface area (Å²) in [6.45, 7) is 0.199. The molecule has 1 aliphatic heterocycles. The molecule has 0 radical (unpaired) electrons. The molecular formula is C11H9ClF2O2. The summed E-state index contributed by atoms with van der Waals surface area (Å²) in [6, 6.07) is 2.03. The first-order valence-electron chi connectivity index (χ1n) is 4.85. The number of benzene rings is 1. The lowest BCUT2D eigenvalue weighted by atomic mass is 9.99. The van der Waals surface area contributed by atoms with Gasteiger partial charge in [0.2, 0.25) is 0 Å². The van der Waals surface area contributed by atoms with Gasteiger partial charge in [-0.05, 0) is 12.1 Å². The van der Waals surface area contributed by atoms with Gasteiger partial charge in [-0.25, -0.2) is 8.78 Å². The first-order valence-corrected chi connectivity index (χ1v) is 5.23. The molecule has 16 heavy (non-hydrogen) atoms. The zero-order valence-corrected chi connectivity index (χ0v) is 9.06. The Hall–Kier alpha value is -1.00. The van der Waals surface area contributed by atoms with Gasteiger partial charge in [-0.3, -0.25) is 4.79 Å². The predicted molar refractivity (Wildman–Crippen MR) is 54.3 cm³/mol. The van der Waals surface area contributed by atoms with Gasteiger partial charge in [-0.15, -0.1) is 0 Å². The second kappa shape index (κ2) is 4.47. The number of carbonyl (C=O) groups excluding carboxylic acids is 1. The Morgan fingerprint density at radius 2 is 1.94 bits per heavy atom. The molecule has 1 aliphatic rings. The van der Waals surface area contributed by atoms with Crippen molar-refractivity contribution >= 4 is 17.4 Å². The van der Waals surface area contributed by atoms with E-state index in [1.807, 2.05) is 0 Å². The highest BCUT2D eigenvalue weighted by molar-refractivity contribution is 6.30.